The highest BCUT2D eigenvalue weighted by atomic mass is 16.1. The lowest BCUT2D eigenvalue weighted by molar-refractivity contribution is -0.114. The molecule has 1 amide bonds. The second-order valence-corrected chi connectivity index (χ2v) is 1.67. The number of nitrogens with one attached hydrogen (secondary N) is 1. The molecule has 3 heteroatoms. The number of dihydropyridines is 1. The second-order valence-electron chi connectivity index (χ2n) is 1.67. The van der Waals surface area contributed by atoms with E-state index in [0.29, 0.717) is 12.2 Å². The molecule has 1 aliphatic heterocycles. The van der Waals surface area contributed by atoms with Crippen LogP contribution in [-0.2, 0) is 4.79 Å². The summed E-state index contributed by atoms with van der Waals surface area (Å²) in [5, 5.41) is 2.79. The van der Waals surface area contributed by atoms with Crippen molar-refractivity contribution < 1.29 is 4.79 Å². The maximum absolute atomic E-state index is 10.4. The highest BCUT2D eigenvalue weighted by Crippen LogP contribution is 1.92. The van der Waals surface area contributed by atoms with E-state index in [-0.39, 0.29) is 0 Å². The van der Waals surface area contributed by atoms with Crippen LogP contribution in [0.15, 0.2) is 17.8 Å². The maximum Gasteiger partial charge on any atom is 0.264 e. The Morgan fingerprint density at radius 1 is 1.89 bits per heavy atom. The first-order valence-electron chi connectivity index (χ1n) is 2.62. The van der Waals surface area contributed by atoms with Crippen LogP contribution in [0.1, 0.15) is 0 Å². The average Bonchev–Trinajstić information content (AvgIpc) is 1.90. The summed E-state index contributed by atoms with van der Waals surface area (Å²) in [4.78, 5) is 10.4. The molecule has 1 rings (SSSR count). The first-order chi connectivity index (χ1) is 4.30. The van der Waals surface area contributed by atoms with Crippen LogP contribution in [0, 0.1) is 6.08 Å². The Kier molecular flexibility index (Phi) is 1.53. The Bertz CT molecular complexity index is 181. The van der Waals surface area contributed by atoms with Crippen LogP contribution in [0.2, 0.25) is 0 Å². The van der Waals surface area contributed by atoms with E-state index in [0.717, 1.165) is 0 Å². The summed E-state index contributed by atoms with van der Waals surface area (Å²) in [5.74, 6) is -0.435. The van der Waals surface area contributed by atoms with E-state index < -0.39 is 5.91 Å². The van der Waals surface area contributed by atoms with E-state index in [2.05, 4.69) is 11.4 Å². The molecule has 0 spiro atoms. The van der Waals surface area contributed by atoms with Crippen molar-refractivity contribution in [3.8, 4) is 0 Å². The number of primary amides is 1. The lowest BCUT2D eigenvalue weighted by Gasteiger charge is -2.06. The van der Waals surface area contributed by atoms with Crippen molar-refractivity contribution in [2.75, 3.05) is 6.54 Å². The molecule has 1 radical (unpaired) electrons. The van der Waals surface area contributed by atoms with Gasteiger partial charge in [-0.05, 0) is 12.2 Å². The van der Waals surface area contributed by atoms with Gasteiger partial charge >= 0.3 is 0 Å². The summed E-state index contributed by atoms with van der Waals surface area (Å²) >= 11 is 0. The van der Waals surface area contributed by atoms with Crippen LogP contribution in [0.5, 0.6) is 0 Å². The number of nitrogens with two attached hydrogens (primary N) is 1. The summed E-state index contributed by atoms with van der Waals surface area (Å²) in [5.41, 5.74) is 5.37. The van der Waals surface area contributed by atoms with Gasteiger partial charge in [-0.25, -0.2) is 0 Å². The van der Waals surface area contributed by atoms with Gasteiger partial charge in [-0.15, -0.1) is 0 Å². The van der Waals surface area contributed by atoms with Crippen LogP contribution in [0.4, 0.5) is 0 Å². The average molecular weight is 123 g/mol. The van der Waals surface area contributed by atoms with E-state index in [1.807, 2.05) is 0 Å². The molecule has 0 aromatic rings. The van der Waals surface area contributed by atoms with Crippen molar-refractivity contribution in [3.05, 3.63) is 23.9 Å². The third kappa shape index (κ3) is 1.32. The summed E-state index contributed by atoms with van der Waals surface area (Å²) in [6.45, 7) is 0.634. The first-order valence-corrected chi connectivity index (χ1v) is 2.62. The molecule has 9 heavy (non-hydrogen) atoms. The molecule has 0 aromatic carbocycles. The predicted octanol–water partition coefficient (Wildman–Crippen LogP) is -0.682. The molecule has 3 N–H and O–H groups in total. The monoisotopic (exact) mass is 123 g/mol. The van der Waals surface area contributed by atoms with Gasteiger partial charge in [0.15, 0.2) is 0 Å². The van der Waals surface area contributed by atoms with Gasteiger partial charge in [0.05, 0.1) is 0 Å². The molecular formula is C6H7N2O. The molecule has 0 saturated heterocycles. The molecule has 0 aromatic heterocycles. The lowest BCUT2D eigenvalue weighted by Crippen LogP contribution is -2.27. The smallest absolute Gasteiger partial charge is 0.264 e. The minimum Gasteiger partial charge on any atom is -0.377 e. The second kappa shape index (κ2) is 2.35. The number of hydrogen-bond acceptors (Lipinski definition) is 2. The van der Waals surface area contributed by atoms with Gasteiger partial charge in [-0.2, -0.15) is 0 Å². The number of carbonyl (C=O) groups excluding carboxylic acids is 1. The van der Waals surface area contributed by atoms with E-state index in [9.17, 15) is 4.79 Å². The molecule has 0 saturated carbocycles. The van der Waals surface area contributed by atoms with Crippen LogP contribution in [-0.4, -0.2) is 12.5 Å². The van der Waals surface area contributed by atoms with Gasteiger partial charge in [0, 0.05) is 6.54 Å². The standard InChI is InChI=1S/C6H7N2O/c7-6(9)5-3-1-2-4-8-5/h2-3,8H,4H2,(H2,7,9). The van der Waals surface area contributed by atoms with Crippen molar-refractivity contribution in [1.82, 2.24) is 5.32 Å². The first kappa shape index (κ1) is 5.88. The van der Waals surface area contributed by atoms with Gasteiger partial charge in [0.1, 0.15) is 5.70 Å². The largest absolute Gasteiger partial charge is 0.377 e. The fraction of sp³-hybridized carbons (Fsp3) is 0.167. The third-order valence-corrected chi connectivity index (χ3v) is 1.01. The number of hydrogen-bond donors (Lipinski definition) is 2. The molecule has 0 aliphatic carbocycles. The highest BCUT2D eigenvalue weighted by molar-refractivity contribution is 5.91. The van der Waals surface area contributed by atoms with E-state index in [1.165, 1.54) is 6.08 Å². The van der Waals surface area contributed by atoms with Crippen molar-refractivity contribution in [3.63, 3.8) is 0 Å². The Morgan fingerprint density at radius 2 is 2.67 bits per heavy atom. The summed E-state index contributed by atoms with van der Waals surface area (Å²) in [7, 11) is 0. The highest BCUT2D eigenvalue weighted by Gasteiger charge is 2.02. The molecule has 47 valence electrons. The van der Waals surface area contributed by atoms with Gasteiger partial charge in [0.2, 0.25) is 0 Å². The van der Waals surface area contributed by atoms with Gasteiger partial charge in [-0.1, -0.05) is 6.08 Å². The normalized spacial score (nSPS) is 16.2. The van der Waals surface area contributed by atoms with Crippen LogP contribution in [0.3, 0.4) is 0 Å². The van der Waals surface area contributed by atoms with Gasteiger partial charge in [-0.3, -0.25) is 4.79 Å². The summed E-state index contributed by atoms with van der Waals surface area (Å²) in [6.07, 6.45) is 6.08. The lowest BCUT2D eigenvalue weighted by atomic mass is 10.3. The molecule has 1 aliphatic rings. The van der Waals surface area contributed by atoms with Crippen LogP contribution < -0.4 is 11.1 Å². The van der Waals surface area contributed by atoms with Gasteiger partial charge in [0.25, 0.3) is 5.91 Å². The zero-order valence-corrected chi connectivity index (χ0v) is 4.85. The molecule has 0 bridgehead atoms. The molecule has 1 heterocycles. The third-order valence-electron chi connectivity index (χ3n) is 1.01. The SMILES string of the molecule is NC(=O)C1=C[C]=CCN1. The topological polar surface area (TPSA) is 55.1 Å². The van der Waals surface area contributed by atoms with Gasteiger partial charge < -0.3 is 11.1 Å². The van der Waals surface area contributed by atoms with E-state index in [4.69, 9.17) is 5.73 Å². The Labute approximate surface area is 53.2 Å². The number of rotatable bonds is 1. The maximum atomic E-state index is 10.4. The molecular weight excluding hydrogens is 116 g/mol. The summed E-state index contributed by atoms with van der Waals surface area (Å²) < 4.78 is 0. The molecule has 0 atom stereocenters. The Balaban J connectivity index is 2.68. The number of carbonyl (C=O) groups is 1. The van der Waals surface area contributed by atoms with Crippen LogP contribution >= 0.6 is 0 Å². The molecule has 3 nitrogen and oxygen atoms in total. The Morgan fingerprint density at radius 3 is 3.00 bits per heavy atom. The zero-order chi connectivity index (χ0) is 6.69. The fourth-order valence-corrected chi connectivity index (χ4v) is 0.571. The fourth-order valence-electron chi connectivity index (χ4n) is 0.571. The van der Waals surface area contributed by atoms with Crippen LogP contribution in [0.25, 0.3) is 0 Å². The summed E-state index contributed by atoms with van der Waals surface area (Å²) in [6, 6.07) is 0. The van der Waals surface area contributed by atoms with Crippen molar-refractivity contribution >= 4 is 5.91 Å². The molecule has 0 unspecified atom stereocenters. The molecule has 0 fully saturated rings. The van der Waals surface area contributed by atoms with Crippen molar-refractivity contribution in [2.24, 2.45) is 5.73 Å². The van der Waals surface area contributed by atoms with E-state index >= 15 is 0 Å². The number of allylic oxidation sites excluding steroid dienone is 2. The minimum atomic E-state index is -0.435. The predicted molar refractivity (Wildman–Crippen MR) is 33.1 cm³/mol. The van der Waals surface area contributed by atoms with Crippen molar-refractivity contribution in [2.45, 2.75) is 0 Å². The van der Waals surface area contributed by atoms with E-state index in [1.54, 1.807) is 6.08 Å². The minimum absolute atomic E-state index is 0.428. The quantitative estimate of drug-likeness (QED) is 0.485. The van der Waals surface area contributed by atoms with Crippen molar-refractivity contribution in [1.29, 1.82) is 0 Å². The Hall–Kier alpha value is -1.25. The zero-order valence-electron chi connectivity index (χ0n) is 4.85. The number of amides is 1.